The molecule has 23 heavy (non-hydrogen) atoms. The number of hydrogen-bond donors (Lipinski definition) is 0. The normalized spacial score (nSPS) is 15.5. The smallest absolute Gasteiger partial charge is 0.363 e. The highest BCUT2D eigenvalue weighted by Crippen LogP contribution is 2.20. The van der Waals surface area contributed by atoms with Crippen molar-refractivity contribution in [2.45, 2.75) is 6.92 Å². The van der Waals surface area contributed by atoms with E-state index in [1.807, 2.05) is 31.2 Å². The quantitative estimate of drug-likeness (QED) is 0.640. The summed E-state index contributed by atoms with van der Waals surface area (Å²) in [5.74, 6) is 0.0494. The number of rotatable bonds is 4. The number of esters is 1. The van der Waals surface area contributed by atoms with Gasteiger partial charge in [0.1, 0.15) is 11.6 Å². The van der Waals surface area contributed by atoms with Gasteiger partial charge < -0.3 is 9.47 Å². The van der Waals surface area contributed by atoms with Gasteiger partial charge in [0.15, 0.2) is 5.70 Å². The number of cyclic esters (lactones) is 1. The van der Waals surface area contributed by atoms with E-state index in [-0.39, 0.29) is 17.4 Å². The molecule has 1 aliphatic heterocycles. The topological polar surface area (TPSA) is 47.9 Å². The lowest BCUT2D eigenvalue weighted by Gasteiger charge is -2.02. The van der Waals surface area contributed by atoms with Crippen LogP contribution in [0.5, 0.6) is 5.75 Å². The van der Waals surface area contributed by atoms with Crippen LogP contribution in [0.2, 0.25) is 0 Å². The molecule has 0 saturated carbocycles. The summed E-state index contributed by atoms with van der Waals surface area (Å²) in [7, 11) is 0. The molecule has 3 rings (SSSR count). The first-order chi connectivity index (χ1) is 11.2. The van der Waals surface area contributed by atoms with Gasteiger partial charge in [-0.25, -0.2) is 14.2 Å². The van der Waals surface area contributed by atoms with E-state index < -0.39 is 5.97 Å². The van der Waals surface area contributed by atoms with Gasteiger partial charge in [0.05, 0.1) is 6.61 Å². The molecule has 0 spiro atoms. The van der Waals surface area contributed by atoms with Crippen molar-refractivity contribution in [1.29, 1.82) is 0 Å². The average Bonchev–Trinajstić information content (AvgIpc) is 2.91. The van der Waals surface area contributed by atoms with E-state index in [1.54, 1.807) is 6.08 Å². The maximum atomic E-state index is 12.9. The number of carbonyl (C=O) groups is 1. The van der Waals surface area contributed by atoms with E-state index in [9.17, 15) is 9.18 Å². The first-order valence-corrected chi connectivity index (χ1v) is 7.17. The Balaban J connectivity index is 1.84. The summed E-state index contributed by atoms with van der Waals surface area (Å²) < 4.78 is 23.4. The molecule has 4 nitrogen and oxygen atoms in total. The third-order valence-corrected chi connectivity index (χ3v) is 3.21. The van der Waals surface area contributed by atoms with Gasteiger partial charge in [-0.05, 0) is 55.0 Å². The molecule has 5 heteroatoms. The molecule has 0 amide bonds. The fourth-order valence-electron chi connectivity index (χ4n) is 2.11. The first kappa shape index (κ1) is 15.0. The molecule has 0 N–H and O–H groups in total. The van der Waals surface area contributed by atoms with Crippen molar-refractivity contribution in [2.24, 2.45) is 4.99 Å². The van der Waals surface area contributed by atoms with Crippen LogP contribution in [-0.2, 0) is 9.53 Å². The Kier molecular flexibility index (Phi) is 4.19. The second-order valence-electron chi connectivity index (χ2n) is 4.84. The number of nitrogens with zero attached hydrogens (tertiary/aromatic N) is 1. The molecule has 2 aromatic carbocycles. The van der Waals surface area contributed by atoms with Crippen molar-refractivity contribution >= 4 is 17.9 Å². The van der Waals surface area contributed by atoms with Gasteiger partial charge >= 0.3 is 5.97 Å². The molecular weight excluding hydrogens is 297 g/mol. The van der Waals surface area contributed by atoms with E-state index in [0.717, 1.165) is 11.3 Å². The Labute approximate surface area is 132 Å². The molecule has 2 aromatic rings. The summed E-state index contributed by atoms with van der Waals surface area (Å²) in [6.45, 7) is 2.51. The minimum Gasteiger partial charge on any atom is -0.494 e. The summed E-state index contributed by atoms with van der Waals surface area (Å²) >= 11 is 0. The van der Waals surface area contributed by atoms with Crippen molar-refractivity contribution in [1.82, 2.24) is 0 Å². The number of ether oxygens (including phenoxy) is 2. The predicted molar refractivity (Wildman–Crippen MR) is 84.6 cm³/mol. The van der Waals surface area contributed by atoms with E-state index >= 15 is 0 Å². The number of benzene rings is 2. The van der Waals surface area contributed by atoms with Crippen LogP contribution >= 0.6 is 0 Å². The first-order valence-electron chi connectivity index (χ1n) is 7.17. The van der Waals surface area contributed by atoms with Gasteiger partial charge in [-0.15, -0.1) is 0 Å². The molecule has 0 saturated heterocycles. The second-order valence-corrected chi connectivity index (χ2v) is 4.84. The summed E-state index contributed by atoms with van der Waals surface area (Å²) in [4.78, 5) is 16.1. The lowest BCUT2D eigenvalue weighted by molar-refractivity contribution is -0.129. The molecule has 0 fully saturated rings. The Morgan fingerprint density at radius 3 is 2.48 bits per heavy atom. The van der Waals surface area contributed by atoms with E-state index in [2.05, 4.69) is 4.99 Å². The molecule has 0 atom stereocenters. The maximum absolute atomic E-state index is 12.9. The van der Waals surface area contributed by atoms with E-state index in [0.29, 0.717) is 12.2 Å². The van der Waals surface area contributed by atoms with Crippen LogP contribution in [-0.4, -0.2) is 18.5 Å². The molecule has 0 bridgehead atoms. The van der Waals surface area contributed by atoms with Crippen LogP contribution in [0.4, 0.5) is 4.39 Å². The minimum absolute atomic E-state index is 0.173. The Morgan fingerprint density at radius 2 is 1.83 bits per heavy atom. The number of hydrogen-bond acceptors (Lipinski definition) is 4. The zero-order valence-corrected chi connectivity index (χ0v) is 12.5. The summed E-state index contributed by atoms with van der Waals surface area (Å²) in [6.07, 6.45) is 1.63. The van der Waals surface area contributed by atoms with Gasteiger partial charge in [-0.3, -0.25) is 0 Å². The number of carbonyl (C=O) groups excluding carboxylic acids is 1. The minimum atomic E-state index is -0.529. The van der Waals surface area contributed by atoms with Crippen molar-refractivity contribution < 1.29 is 18.7 Å². The zero-order chi connectivity index (χ0) is 16.2. The van der Waals surface area contributed by atoms with Crippen LogP contribution in [0.15, 0.2) is 59.2 Å². The fraction of sp³-hybridized carbons (Fsp3) is 0.111. The third-order valence-electron chi connectivity index (χ3n) is 3.21. The third kappa shape index (κ3) is 3.45. The van der Waals surface area contributed by atoms with Gasteiger partial charge in [0.2, 0.25) is 5.90 Å². The van der Waals surface area contributed by atoms with Crippen LogP contribution < -0.4 is 4.74 Å². The highest BCUT2D eigenvalue weighted by molar-refractivity contribution is 6.12. The predicted octanol–water partition coefficient (Wildman–Crippen LogP) is 3.57. The van der Waals surface area contributed by atoms with Crippen LogP contribution in [0.1, 0.15) is 18.1 Å². The standard InChI is InChI=1S/C18H14FNO3/c1-2-22-15-9-3-12(4-10-15)11-16-18(21)23-17(20-16)13-5-7-14(19)8-6-13/h3-11H,2H2,1H3. The molecule has 0 aliphatic carbocycles. The summed E-state index contributed by atoms with van der Waals surface area (Å²) in [6, 6.07) is 12.9. The molecule has 0 unspecified atom stereocenters. The lowest BCUT2D eigenvalue weighted by atomic mass is 10.2. The van der Waals surface area contributed by atoms with E-state index in [4.69, 9.17) is 9.47 Å². The summed E-state index contributed by atoms with van der Waals surface area (Å²) in [5, 5.41) is 0. The fourth-order valence-corrected chi connectivity index (χ4v) is 2.11. The lowest BCUT2D eigenvalue weighted by Crippen LogP contribution is -2.05. The van der Waals surface area contributed by atoms with Gasteiger partial charge in [-0.2, -0.15) is 0 Å². The van der Waals surface area contributed by atoms with Crippen molar-refractivity contribution in [3.8, 4) is 5.75 Å². The molecule has 1 aliphatic rings. The van der Waals surface area contributed by atoms with Gasteiger partial charge in [0, 0.05) is 5.56 Å². The molecule has 0 aromatic heterocycles. The van der Waals surface area contributed by atoms with Crippen molar-refractivity contribution in [2.75, 3.05) is 6.61 Å². The monoisotopic (exact) mass is 311 g/mol. The van der Waals surface area contributed by atoms with Gasteiger partial charge in [-0.1, -0.05) is 12.1 Å². The second kappa shape index (κ2) is 6.44. The molecule has 0 radical (unpaired) electrons. The Bertz CT molecular complexity index is 777. The van der Waals surface area contributed by atoms with Crippen LogP contribution in [0, 0.1) is 5.82 Å². The number of halogens is 1. The summed E-state index contributed by atoms with van der Waals surface area (Å²) in [5.41, 5.74) is 1.56. The largest absolute Gasteiger partial charge is 0.494 e. The highest BCUT2D eigenvalue weighted by atomic mass is 19.1. The van der Waals surface area contributed by atoms with E-state index in [1.165, 1.54) is 24.3 Å². The highest BCUT2D eigenvalue weighted by Gasteiger charge is 2.24. The molecule has 116 valence electrons. The van der Waals surface area contributed by atoms with Crippen molar-refractivity contribution in [3.05, 3.63) is 71.2 Å². The molecule has 1 heterocycles. The SMILES string of the molecule is CCOc1ccc(C=C2N=C(c3ccc(F)cc3)OC2=O)cc1. The Morgan fingerprint density at radius 1 is 1.13 bits per heavy atom. The van der Waals surface area contributed by atoms with Crippen molar-refractivity contribution in [3.63, 3.8) is 0 Å². The maximum Gasteiger partial charge on any atom is 0.363 e. The van der Waals surface area contributed by atoms with Gasteiger partial charge in [0.25, 0.3) is 0 Å². The number of aliphatic imine (C=N–C) groups is 1. The average molecular weight is 311 g/mol. The van der Waals surface area contributed by atoms with Crippen LogP contribution in [0.3, 0.4) is 0 Å². The van der Waals surface area contributed by atoms with Crippen LogP contribution in [0.25, 0.3) is 6.08 Å². The zero-order valence-electron chi connectivity index (χ0n) is 12.5. The Hall–Kier alpha value is -2.95. The molecular formula is C18H14FNO3.